The molecule has 19 heavy (non-hydrogen) atoms. The molecule has 4 nitrogen and oxygen atoms in total. The van der Waals surface area contributed by atoms with Gasteiger partial charge in [-0.25, -0.2) is 4.98 Å². The number of aromatic nitrogens is 2. The second-order valence-electron chi connectivity index (χ2n) is 5.19. The molecule has 2 aromatic heterocycles. The Bertz CT molecular complexity index is 543. The number of hydrogen-bond acceptors (Lipinski definition) is 3. The largest absolute Gasteiger partial charge is 0.497 e. The maximum absolute atomic E-state index is 5.24. The summed E-state index contributed by atoms with van der Waals surface area (Å²) in [5.41, 5.74) is 1.10. The molecule has 0 unspecified atom stereocenters. The van der Waals surface area contributed by atoms with Gasteiger partial charge >= 0.3 is 0 Å². The van der Waals surface area contributed by atoms with Crippen molar-refractivity contribution < 1.29 is 4.74 Å². The first-order valence-corrected chi connectivity index (χ1v) is 7.09. The lowest BCUT2D eigenvalue weighted by Gasteiger charge is -2.25. The topological polar surface area (TPSA) is 29.8 Å². The van der Waals surface area contributed by atoms with Gasteiger partial charge in [-0.1, -0.05) is 6.42 Å². The van der Waals surface area contributed by atoms with Crippen molar-refractivity contribution in [1.29, 1.82) is 0 Å². The van der Waals surface area contributed by atoms with Crippen molar-refractivity contribution >= 4 is 5.52 Å². The second-order valence-corrected chi connectivity index (χ2v) is 5.19. The fraction of sp³-hybridized carbons (Fsp3) is 0.533. The third kappa shape index (κ3) is 2.73. The number of fused-ring (bicyclic) bond motifs is 1. The first-order valence-electron chi connectivity index (χ1n) is 7.09. The zero-order chi connectivity index (χ0) is 13.1. The molecule has 3 rings (SSSR count). The standard InChI is InChI=1S/C15H21N3O/c1-19-14-5-10-18-13(11-14)12-16-15(18)6-9-17-7-3-2-4-8-17/h5,10-12H,2-4,6-9H2,1H3. The zero-order valence-electron chi connectivity index (χ0n) is 11.5. The van der Waals surface area contributed by atoms with E-state index in [2.05, 4.69) is 14.3 Å². The average molecular weight is 259 g/mol. The lowest BCUT2D eigenvalue weighted by atomic mass is 10.1. The Morgan fingerprint density at radius 2 is 2.11 bits per heavy atom. The van der Waals surface area contributed by atoms with Crippen LogP contribution in [0.1, 0.15) is 25.1 Å². The predicted octanol–water partition coefficient (Wildman–Crippen LogP) is 2.37. The molecule has 0 aliphatic carbocycles. The Morgan fingerprint density at radius 3 is 2.89 bits per heavy atom. The number of ether oxygens (including phenoxy) is 1. The monoisotopic (exact) mass is 259 g/mol. The molecule has 1 aliphatic rings. The van der Waals surface area contributed by atoms with Crippen molar-refractivity contribution in [3.05, 3.63) is 30.4 Å². The van der Waals surface area contributed by atoms with Crippen molar-refractivity contribution in [2.24, 2.45) is 0 Å². The maximum Gasteiger partial charge on any atom is 0.122 e. The van der Waals surface area contributed by atoms with Gasteiger partial charge in [-0.3, -0.25) is 0 Å². The van der Waals surface area contributed by atoms with E-state index in [4.69, 9.17) is 4.74 Å². The van der Waals surface area contributed by atoms with Crippen LogP contribution in [-0.4, -0.2) is 41.0 Å². The average Bonchev–Trinajstić information content (AvgIpc) is 2.88. The van der Waals surface area contributed by atoms with Crippen LogP contribution < -0.4 is 4.74 Å². The highest BCUT2D eigenvalue weighted by Crippen LogP contribution is 2.16. The highest BCUT2D eigenvalue weighted by Gasteiger charge is 2.11. The van der Waals surface area contributed by atoms with Gasteiger partial charge in [0.1, 0.15) is 11.6 Å². The van der Waals surface area contributed by atoms with Crippen LogP contribution in [0.25, 0.3) is 5.52 Å². The SMILES string of the molecule is COc1ccn2c(CCN3CCCCC3)ncc2c1. The van der Waals surface area contributed by atoms with Gasteiger partial charge in [0.05, 0.1) is 18.8 Å². The number of nitrogens with zero attached hydrogens (tertiary/aromatic N) is 3. The number of pyridine rings is 1. The molecule has 1 aliphatic heterocycles. The van der Waals surface area contributed by atoms with Gasteiger partial charge < -0.3 is 14.0 Å². The molecule has 0 amide bonds. The maximum atomic E-state index is 5.24. The van der Waals surface area contributed by atoms with Crippen LogP contribution >= 0.6 is 0 Å². The van der Waals surface area contributed by atoms with Gasteiger partial charge in [0, 0.05) is 25.2 Å². The summed E-state index contributed by atoms with van der Waals surface area (Å²) in [5.74, 6) is 2.03. The summed E-state index contributed by atoms with van der Waals surface area (Å²) in [5, 5.41) is 0. The Labute approximate surface area is 114 Å². The summed E-state index contributed by atoms with van der Waals surface area (Å²) in [4.78, 5) is 7.09. The molecule has 0 spiro atoms. The highest BCUT2D eigenvalue weighted by molar-refractivity contribution is 5.50. The van der Waals surface area contributed by atoms with Gasteiger partial charge in [-0.15, -0.1) is 0 Å². The van der Waals surface area contributed by atoms with Crippen LogP contribution in [0.2, 0.25) is 0 Å². The molecular weight excluding hydrogens is 238 g/mol. The number of imidazole rings is 1. The lowest BCUT2D eigenvalue weighted by Crippen LogP contribution is -2.31. The molecule has 1 saturated heterocycles. The minimum Gasteiger partial charge on any atom is -0.497 e. The van der Waals surface area contributed by atoms with Crippen LogP contribution in [0.15, 0.2) is 24.5 Å². The van der Waals surface area contributed by atoms with E-state index >= 15 is 0 Å². The minimum absolute atomic E-state index is 0.884. The normalized spacial score (nSPS) is 16.9. The third-order valence-electron chi connectivity index (χ3n) is 3.92. The van der Waals surface area contributed by atoms with Crippen molar-refractivity contribution in [1.82, 2.24) is 14.3 Å². The summed E-state index contributed by atoms with van der Waals surface area (Å²) < 4.78 is 7.40. The van der Waals surface area contributed by atoms with Crippen LogP contribution in [0.4, 0.5) is 0 Å². The van der Waals surface area contributed by atoms with E-state index < -0.39 is 0 Å². The lowest BCUT2D eigenvalue weighted by molar-refractivity contribution is 0.230. The quantitative estimate of drug-likeness (QED) is 0.844. The van der Waals surface area contributed by atoms with Crippen LogP contribution in [0.3, 0.4) is 0 Å². The number of hydrogen-bond donors (Lipinski definition) is 0. The molecular formula is C15H21N3O. The summed E-state index contributed by atoms with van der Waals surface area (Å²) >= 11 is 0. The van der Waals surface area contributed by atoms with E-state index in [1.165, 1.54) is 32.4 Å². The van der Waals surface area contributed by atoms with Gasteiger partial charge in [-0.05, 0) is 32.0 Å². The Hall–Kier alpha value is -1.55. The van der Waals surface area contributed by atoms with Gasteiger partial charge in [0.25, 0.3) is 0 Å². The van der Waals surface area contributed by atoms with Crippen LogP contribution in [-0.2, 0) is 6.42 Å². The Morgan fingerprint density at radius 1 is 1.26 bits per heavy atom. The third-order valence-corrected chi connectivity index (χ3v) is 3.92. The highest BCUT2D eigenvalue weighted by atomic mass is 16.5. The Kier molecular flexibility index (Phi) is 3.69. The number of likely N-dealkylation sites (tertiary alicyclic amines) is 1. The molecule has 0 bridgehead atoms. The van der Waals surface area contributed by atoms with Gasteiger partial charge in [-0.2, -0.15) is 0 Å². The molecule has 0 atom stereocenters. The van der Waals surface area contributed by atoms with E-state index in [0.29, 0.717) is 0 Å². The summed E-state index contributed by atoms with van der Waals surface area (Å²) in [7, 11) is 1.69. The number of rotatable bonds is 4. The van der Waals surface area contributed by atoms with E-state index in [9.17, 15) is 0 Å². The molecule has 3 heterocycles. The van der Waals surface area contributed by atoms with Crippen LogP contribution in [0, 0.1) is 0 Å². The molecule has 2 aromatic rings. The van der Waals surface area contributed by atoms with Gasteiger partial charge in [0.15, 0.2) is 0 Å². The summed E-state index contributed by atoms with van der Waals surface area (Å²) in [6.45, 7) is 3.61. The minimum atomic E-state index is 0.884. The van der Waals surface area contributed by atoms with E-state index in [0.717, 1.165) is 30.1 Å². The van der Waals surface area contributed by atoms with Crippen molar-refractivity contribution in [3.8, 4) is 5.75 Å². The first-order chi connectivity index (χ1) is 9.36. The zero-order valence-corrected chi connectivity index (χ0v) is 11.5. The number of piperidine rings is 1. The first kappa shape index (κ1) is 12.5. The van der Waals surface area contributed by atoms with E-state index in [-0.39, 0.29) is 0 Å². The molecule has 1 fully saturated rings. The summed E-state index contributed by atoms with van der Waals surface area (Å²) in [6, 6.07) is 4.01. The fourth-order valence-corrected chi connectivity index (χ4v) is 2.79. The smallest absolute Gasteiger partial charge is 0.122 e. The second kappa shape index (κ2) is 5.61. The van der Waals surface area contributed by atoms with E-state index in [1.807, 2.05) is 24.5 Å². The molecule has 102 valence electrons. The summed E-state index contributed by atoms with van der Waals surface area (Å²) in [6.07, 6.45) is 9.07. The fourth-order valence-electron chi connectivity index (χ4n) is 2.79. The Balaban J connectivity index is 1.70. The van der Waals surface area contributed by atoms with Crippen LogP contribution in [0.5, 0.6) is 5.75 Å². The predicted molar refractivity (Wildman–Crippen MR) is 75.7 cm³/mol. The molecule has 0 radical (unpaired) electrons. The van der Waals surface area contributed by atoms with Crippen molar-refractivity contribution in [2.45, 2.75) is 25.7 Å². The molecule has 0 saturated carbocycles. The van der Waals surface area contributed by atoms with E-state index in [1.54, 1.807) is 7.11 Å². The molecule has 0 N–H and O–H groups in total. The van der Waals surface area contributed by atoms with Crippen molar-refractivity contribution in [3.63, 3.8) is 0 Å². The molecule has 0 aromatic carbocycles. The molecule has 4 heteroatoms. The number of methoxy groups -OCH3 is 1. The van der Waals surface area contributed by atoms with Crippen molar-refractivity contribution in [2.75, 3.05) is 26.7 Å². The van der Waals surface area contributed by atoms with Gasteiger partial charge in [0.2, 0.25) is 0 Å².